The molecule has 1 heterocycles. The Morgan fingerprint density at radius 3 is 2.81 bits per heavy atom. The summed E-state index contributed by atoms with van der Waals surface area (Å²) < 4.78 is 1.29. The van der Waals surface area contributed by atoms with Gasteiger partial charge in [-0.2, -0.15) is 0 Å². The molecular formula is C12H13IN2S. The molecule has 0 aliphatic heterocycles. The third kappa shape index (κ3) is 2.95. The van der Waals surface area contributed by atoms with Crippen molar-refractivity contribution in [2.24, 2.45) is 0 Å². The van der Waals surface area contributed by atoms with Crippen molar-refractivity contribution in [1.29, 1.82) is 0 Å². The molecule has 2 rings (SSSR count). The minimum absolute atomic E-state index is 0.803. The first kappa shape index (κ1) is 11.9. The van der Waals surface area contributed by atoms with Crippen LogP contribution in [0.3, 0.4) is 0 Å². The number of hydrogen-bond acceptors (Lipinski definition) is 3. The summed E-state index contributed by atoms with van der Waals surface area (Å²) in [6.07, 6.45) is 0. The minimum Gasteiger partial charge on any atom is -0.378 e. The maximum absolute atomic E-state index is 4.42. The van der Waals surface area contributed by atoms with Gasteiger partial charge in [-0.15, -0.1) is 11.3 Å². The van der Waals surface area contributed by atoms with Crippen molar-refractivity contribution in [3.8, 4) is 0 Å². The number of aryl methyl sites for hydroxylation is 2. The van der Waals surface area contributed by atoms with Gasteiger partial charge in [0.15, 0.2) is 0 Å². The van der Waals surface area contributed by atoms with Gasteiger partial charge in [0, 0.05) is 20.3 Å². The van der Waals surface area contributed by atoms with Crippen LogP contribution in [0.2, 0.25) is 0 Å². The molecule has 0 saturated heterocycles. The first-order valence-electron chi connectivity index (χ1n) is 5.06. The molecule has 0 aliphatic rings. The normalized spacial score (nSPS) is 10.4. The maximum Gasteiger partial charge on any atom is 0.112 e. The number of nitrogens with zero attached hydrogens (tertiary/aromatic N) is 1. The molecular weight excluding hydrogens is 331 g/mol. The highest BCUT2D eigenvalue weighted by Crippen LogP contribution is 2.18. The van der Waals surface area contributed by atoms with Gasteiger partial charge in [0.05, 0.1) is 6.54 Å². The van der Waals surface area contributed by atoms with Crippen LogP contribution in [-0.4, -0.2) is 4.98 Å². The highest BCUT2D eigenvalue weighted by molar-refractivity contribution is 14.1. The molecule has 0 amide bonds. The van der Waals surface area contributed by atoms with Gasteiger partial charge in [-0.1, -0.05) is 6.07 Å². The number of rotatable bonds is 3. The van der Waals surface area contributed by atoms with Crippen LogP contribution in [0.15, 0.2) is 23.6 Å². The first-order chi connectivity index (χ1) is 7.65. The summed E-state index contributed by atoms with van der Waals surface area (Å²) in [7, 11) is 0. The SMILES string of the molecule is Cc1csc(CNc2ccc(C)c(I)c2)n1. The number of halogens is 1. The lowest BCUT2D eigenvalue weighted by Crippen LogP contribution is -1.99. The van der Waals surface area contributed by atoms with E-state index >= 15 is 0 Å². The van der Waals surface area contributed by atoms with Crippen molar-refractivity contribution < 1.29 is 0 Å². The summed E-state index contributed by atoms with van der Waals surface area (Å²) in [5.41, 5.74) is 3.57. The van der Waals surface area contributed by atoms with Crippen molar-refractivity contribution in [3.63, 3.8) is 0 Å². The Labute approximate surface area is 113 Å². The van der Waals surface area contributed by atoms with E-state index in [1.54, 1.807) is 11.3 Å². The highest BCUT2D eigenvalue weighted by Gasteiger charge is 2.00. The van der Waals surface area contributed by atoms with Crippen LogP contribution >= 0.6 is 33.9 Å². The Balaban J connectivity index is 2.02. The van der Waals surface area contributed by atoms with Gasteiger partial charge < -0.3 is 5.32 Å². The number of thiazole rings is 1. The van der Waals surface area contributed by atoms with Crippen LogP contribution in [-0.2, 0) is 6.54 Å². The van der Waals surface area contributed by atoms with Crippen LogP contribution in [0.5, 0.6) is 0 Å². The molecule has 4 heteroatoms. The summed E-state index contributed by atoms with van der Waals surface area (Å²) in [6, 6.07) is 6.41. The van der Waals surface area contributed by atoms with Crippen LogP contribution in [0.4, 0.5) is 5.69 Å². The van der Waals surface area contributed by atoms with Crippen molar-refractivity contribution in [2.75, 3.05) is 5.32 Å². The third-order valence-corrected chi connectivity index (χ3v) is 4.41. The van der Waals surface area contributed by atoms with E-state index in [1.807, 2.05) is 6.92 Å². The molecule has 0 saturated carbocycles. The topological polar surface area (TPSA) is 24.9 Å². The van der Waals surface area contributed by atoms with E-state index in [-0.39, 0.29) is 0 Å². The Morgan fingerprint density at radius 2 is 2.19 bits per heavy atom. The largest absolute Gasteiger partial charge is 0.378 e. The van der Waals surface area contributed by atoms with E-state index in [9.17, 15) is 0 Å². The summed E-state index contributed by atoms with van der Waals surface area (Å²) >= 11 is 4.06. The van der Waals surface area contributed by atoms with Gasteiger partial charge in [-0.05, 0) is 54.1 Å². The number of aromatic nitrogens is 1. The monoisotopic (exact) mass is 344 g/mol. The molecule has 0 aliphatic carbocycles. The molecule has 84 valence electrons. The first-order valence-corrected chi connectivity index (χ1v) is 7.02. The average Bonchev–Trinajstić information content (AvgIpc) is 2.66. The Kier molecular flexibility index (Phi) is 3.81. The lowest BCUT2D eigenvalue weighted by molar-refractivity contribution is 1.07. The molecule has 0 radical (unpaired) electrons. The zero-order valence-corrected chi connectivity index (χ0v) is 12.2. The highest BCUT2D eigenvalue weighted by atomic mass is 127. The van der Waals surface area contributed by atoms with E-state index in [0.29, 0.717) is 0 Å². The van der Waals surface area contributed by atoms with Gasteiger partial charge in [0.25, 0.3) is 0 Å². The van der Waals surface area contributed by atoms with E-state index in [0.717, 1.165) is 22.9 Å². The standard InChI is InChI=1S/C12H13IN2S/c1-8-3-4-10(5-11(8)13)14-6-12-15-9(2)7-16-12/h3-5,7,14H,6H2,1-2H3. The quantitative estimate of drug-likeness (QED) is 0.852. The number of anilines is 1. The second-order valence-electron chi connectivity index (χ2n) is 3.70. The summed E-state index contributed by atoms with van der Waals surface area (Å²) in [5, 5.41) is 6.60. The molecule has 2 aromatic rings. The van der Waals surface area contributed by atoms with Crippen molar-refractivity contribution in [1.82, 2.24) is 4.98 Å². The zero-order valence-electron chi connectivity index (χ0n) is 9.25. The summed E-state index contributed by atoms with van der Waals surface area (Å²) in [5.74, 6) is 0. The molecule has 1 aromatic heterocycles. The third-order valence-electron chi connectivity index (χ3n) is 2.28. The van der Waals surface area contributed by atoms with Crippen molar-refractivity contribution in [3.05, 3.63) is 43.4 Å². The van der Waals surface area contributed by atoms with Crippen LogP contribution < -0.4 is 5.32 Å². The van der Waals surface area contributed by atoms with Crippen molar-refractivity contribution in [2.45, 2.75) is 20.4 Å². The van der Waals surface area contributed by atoms with Gasteiger partial charge in [-0.3, -0.25) is 0 Å². The molecule has 0 bridgehead atoms. The number of nitrogens with one attached hydrogen (secondary N) is 1. The number of benzene rings is 1. The predicted octanol–water partition coefficient (Wildman–Crippen LogP) is 3.98. The molecule has 0 unspecified atom stereocenters. The Bertz CT molecular complexity index is 494. The minimum atomic E-state index is 0.803. The second kappa shape index (κ2) is 5.14. The second-order valence-corrected chi connectivity index (χ2v) is 5.80. The molecule has 1 aromatic carbocycles. The van der Waals surface area contributed by atoms with Gasteiger partial charge >= 0.3 is 0 Å². The molecule has 1 N–H and O–H groups in total. The molecule has 2 nitrogen and oxygen atoms in total. The van der Waals surface area contributed by atoms with E-state index in [2.05, 4.69) is 63.4 Å². The fourth-order valence-corrected chi connectivity index (χ4v) is 2.59. The smallest absolute Gasteiger partial charge is 0.112 e. The van der Waals surface area contributed by atoms with Crippen molar-refractivity contribution >= 4 is 39.6 Å². The molecule has 0 spiro atoms. The molecule has 0 fully saturated rings. The molecule has 16 heavy (non-hydrogen) atoms. The summed E-state index contributed by atoms with van der Waals surface area (Å²) in [4.78, 5) is 4.42. The lowest BCUT2D eigenvalue weighted by Gasteiger charge is -2.06. The van der Waals surface area contributed by atoms with Gasteiger partial charge in [0.1, 0.15) is 5.01 Å². The number of hydrogen-bond donors (Lipinski definition) is 1. The Morgan fingerprint density at radius 1 is 1.38 bits per heavy atom. The van der Waals surface area contributed by atoms with Crippen LogP contribution in [0, 0.1) is 17.4 Å². The van der Waals surface area contributed by atoms with E-state index in [1.165, 1.54) is 9.13 Å². The fourth-order valence-electron chi connectivity index (χ4n) is 1.36. The fraction of sp³-hybridized carbons (Fsp3) is 0.250. The van der Waals surface area contributed by atoms with Crippen LogP contribution in [0.25, 0.3) is 0 Å². The van der Waals surface area contributed by atoms with E-state index < -0.39 is 0 Å². The van der Waals surface area contributed by atoms with Gasteiger partial charge in [0.2, 0.25) is 0 Å². The van der Waals surface area contributed by atoms with Crippen LogP contribution in [0.1, 0.15) is 16.3 Å². The van der Waals surface area contributed by atoms with E-state index in [4.69, 9.17) is 0 Å². The Hall–Kier alpha value is -0.620. The molecule has 0 atom stereocenters. The predicted molar refractivity (Wildman–Crippen MR) is 78.1 cm³/mol. The average molecular weight is 344 g/mol. The van der Waals surface area contributed by atoms with Gasteiger partial charge in [-0.25, -0.2) is 4.98 Å². The zero-order chi connectivity index (χ0) is 11.5. The maximum atomic E-state index is 4.42. The summed E-state index contributed by atoms with van der Waals surface area (Å²) in [6.45, 7) is 4.95. The lowest BCUT2D eigenvalue weighted by atomic mass is 10.2.